The van der Waals surface area contributed by atoms with E-state index in [0.29, 0.717) is 18.5 Å². The minimum Gasteiger partial charge on any atom is -0.340 e. The summed E-state index contributed by atoms with van der Waals surface area (Å²) in [5.41, 5.74) is -1.51. The summed E-state index contributed by atoms with van der Waals surface area (Å²) in [5.74, 6) is -1.74. The van der Waals surface area contributed by atoms with Crippen LogP contribution in [0.2, 0.25) is 0 Å². The first-order valence-corrected chi connectivity index (χ1v) is 9.21. The van der Waals surface area contributed by atoms with Gasteiger partial charge in [-0.05, 0) is 37.8 Å². The second-order valence-corrected chi connectivity index (χ2v) is 7.33. The number of nitrogens with zero attached hydrogens (tertiary/aromatic N) is 4. The van der Waals surface area contributed by atoms with Crippen molar-refractivity contribution in [2.24, 2.45) is 5.92 Å². The molecular formula is C19H15F6N5O. The molecule has 31 heavy (non-hydrogen) atoms. The van der Waals surface area contributed by atoms with Crippen LogP contribution in [0, 0.1) is 12.8 Å². The molecule has 1 aliphatic rings. The molecule has 0 saturated heterocycles. The van der Waals surface area contributed by atoms with Crippen molar-refractivity contribution < 1.29 is 31.1 Å². The first kappa shape index (κ1) is 21.1. The third-order valence-corrected chi connectivity index (χ3v) is 5.03. The molecule has 0 aromatic carbocycles. The van der Waals surface area contributed by atoms with E-state index in [-0.39, 0.29) is 22.5 Å². The van der Waals surface area contributed by atoms with E-state index in [0.717, 1.165) is 24.7 Å². The van der Waals surface area contributed by atoms with E-state index >= 15 is 0 Å². The zero-order chi connectivity index (χ0) is 22.6. The van der Waals surface area contributed by atoms with Gasteiger partial charge in [-0.2, -0.15) is 31.4 Å². The Hall–Kier alpha value is -3.18. The van der Waals surface area contributed by atoms with Crippen molar-refractivity contribution in [2.75, 3.05) is 0 Å². The Bertz CT molecular complexity index is 1150. The minimum absolute atomic E-state index is 0.130. The highest BCUT2D eigenvalue weighted by molar-refractivity contribution is 6.00. The summed E-state index contributed by atoms with van der Waals surface area (Å²) in [6.45, 7) is 1.53. The van der Waals surface area contributed by atoms with Crippen LogP contribution in [0.3, 0.4) is 0 Å². The molecule has 164 valence electrons. The van der Waals surface area contributed by atoms with Gasteiger partial charge >= 0.3 is 12.4 Å². The van der Waals surface area contributed by atoms with Crippen LogP contribution in [0.4, 0.5) is 26.3 Å². The normalized spacial score (nSPS) is 15.8. The number of alkyl halides is 6. The lowest BCUT2D eigenvalue weighted by Crippen LogP contribution is -2.46. The first-order valence-electron chi connectivity index (χ1n) is 9.21. The third kappa shape index (κ3) is 4.06. The van der Waals surface area contributed by atoms with Gasteiger partial charge in [0.25, 0.3) is 5.91 Å². The van der Waals surface area contributed by atoms with Gasteiger partial charge in [-0.15, -0.1) is 0 Å². The second kappa shape index (κ2) is 7.20. The number of aryl methyl sites for hydroxylation is 1. The van der Waals surface area contributed by atoms with Gasteiger partial charge in [0.05, 0.1) is 17.5 Å². The van der Waals surface area contributed by atoms with Gasteiger partial charge in [-0.3, -0.25) is 9.78 Å². The Balaban J connectivity index is 1.77. The van der Waals surface area contributed by atoms with Crippen molar-refractivity contribution in [1.29, 1.82) is 0 Å². The van der Waals surface area contributed by atoms with E-state index in [9.17, 15) is 31.1 Å². The van der Waals surface area contributed by atoms with Gasteiger partial charge in [0.1, 0.15) is 11.6 Å². The maximum atomic E-state index is 13.4. The smallest absolute Gasteiger partial charge is 0.340 e. The van der Waals surface area contributed by atoms with Gasteiger partial charge in [-0.1, -0.05) is 0 Å². The highest BCUT2D eigenvalue weighted by Gasteiger charge is 2.50. The summed E-state index contributed by atoms with van der Waals surface area (Å²) in [4.78, 5) is 20.4. The van der Waals surface area contributed by atoms with E-state index in [1.807, 2.05) is 5.32 Å². The average Bonchev–Trinajstić information content (AvgIpc) is 3.42. The lowest BCUT2D eigenvalue weighted by molar-refractivity contribution is -0.158. The summed E-state index contributed by atoms with van der Waals surface area (Å²) >= 11 is 0. The lowest BCUT2D eigenvalue weighted by atomic mass is 10.1. The number of pyridine rings is 1. The molecule has 1 saturated carbocycles. The van der Waals surface area contributed by atoms with Gasteiger partial charge in [0, 0.05) is 23.7 Å². The van der Waals surface area contributed by atoms with E-state index in [2.05, 4.69) is 15.1 Å². The summed E-state index contributed by atoms with van der Waals surface area (Å²) < 4.78 is 81.2. The highest BCUT2D eigenvalue weighted by atomic mass is 19.4. The van der Waals surface area contributed by atoms with Gasteiger partial charge in [0.2, 0.25) is 0 Å². The topological polar surface area (TPSA) is 72.2 Å². The molecule has 0 spiro atoms. The maximum Gasteiger partial charge on any atom is 0.417 e. The fraction of sp³-hybridized carbons (Fsp3) is 0.368. The summed E-state index contributed by atoms with van der Waals surface area (Å²) in [7, 11) is 0. The van der Waals surface area contributed by atoms with Crippen LogP contribution in [0.1, 0.15) is 34.5 Å². The Labute approximate surface area is 171 Å². The van der Waals surface area contributed by atoms with Crippen molar-refractivity contribution in [3.05, 3.63) is 47.5 Å². The van der Waals surface area contributed by atoms with Crippen molar-refractivity contribution in [3.63, 3.8) is 0 Å². The van der Waals surface area contributed by atoms with Crippen molar-refractivity contribution in [2.45, 2.75) is 38.2 Å². The fourth-order valence-electron chi connectivity index (χ4n) is 3.37. The molecule has 1 aliphatic carbocycles. The molecule has 1 fully saturated rings. The number of halogens is 6. The SMILES string of the molecule is Cc1cc(-c2cnccc2C(F)(F)F)nc2c(C(=O)NC(C3CC3)C(F)(F)F)cnn12. The van der Waals surface area contributed by atoms with Crippen molar-refractivity contribution in [1.82, 2.24) is 24.9 Å². The Morgan fingerprint density at radius 1 is 1.19 bits per heavy atom. The van der Waals surface area contributed by atoms with E-state index in [4.69, 9.17) is 0 Å². The molecule has 1 amide bonds. The summed E-state index contributed by atoms with van der Waals surface area (Å²) in [6.07, 6.45) is -5.57. The molecule has 4 rings (SSSR count). The number of carbonyl (C=O) groups excluding carboxylic acids is 1. The monoisotopic (exact) mass is 443 g/mol. The van der Waals surface area contributed by atoms with Crippen molar-refractivity contribution >= 4 is 11.6 Å². The Kier molecular flexibility index (Phi) is 4.90. The van der Waals surface area contributed by atoms with Crippen LogP contribution in [-0.4, -0.2) is 37.7 Å². The molecule has 0 radical (unpaired) electrons. The standard InChI is InChI=1S/C19H15F6N5O/c1-9-6-14(11-7-26-5-4-13(11)18(20,21)22)28-16-12(8-27-30(9)16)17(31)29-15(10-2-3-10)19(23,24)25/h4-8,10,15H,2-3H2,1H3,(H,29,31). The average molecular weight is 443 g/mol. The van der Waals surface area contributed by atoms with E-state index in [1.165, 1.54) is 17.5 Å². The lowest BCUT2D eigenvalue weighted by Gasteiger charge is -2.21. The quantitative estimate of drug-likeness (QED) is 0.614. The summed E-state index contributed by atoms with van der Waals surface area (Å²) in [6, 6.07) is 0.121. The number of fused-ring (bicyclic) bond motifs is 1. The predicted octanol–water partition coefficient (Wildman–Crippen LogP) is 4.19. The van der Waals surface area contributed by atoms with Gasteiger partial charge in [0.15, 0.2) is 5.65 Å². The highest BCUT2D eigenvalue weighted by Crippen LogP contribution is 2.40. The first-order chi connectivity index (χ1) is 14.5. The molecule has 3 heterocycles. The largest absolute Gasteiger partial charge is 0.417 e. The molecule has 6 nitrogen and oxygen atoms in total. The van der Waals surface area contributed by atoms with Crippen LogP contribution < -0.4 is 5.32 Å². The van der Waals surface area contributed by atoms with Gasteiger partial charge < -0.3 is 5.32 Å². The van der Waals surface area contributed by atoms with Crippen LogP contribution in [0.5, 0.6) is 0 Å². The maximum absolute atomic E-state index is 13.4. The third-order valence-electron chi connectivity index (χ3n) is 5.03. The minimum atomic E-state index is -4.68. The Morgan fingerprint density at radius 2 is 1.90 bits per heavy atom. The molecule has 0 bridgehead atoms. The van der Waals surface area contributed by atoms with Crippen LogP contribution in [0.15, 0.2) is 30.7 Å². The van der Waals surface area contributed by atoms with Crippen LogP contribution in [0.25, 0.3) is 16.9 Å². The predicted molar refractivity (Wildman–Crippen MR) is 96.0 cm³/mol. The van der Waals surface area contributed by atoms with Crippen molar-refractivity contribution in [3.8, 4) is 11.3 Å². The zero-order valence-corrected chi connectivity index (χ0v) is 15.9. The number of carbonyl (C=O) groups is 1. The summed E-state index contributed by atoms with van der Waals surface area (Å²) in [5, 5.41) is 5.93. The van der Waals surface area contributed by atoms with Crippen LogP contribution >= 0.6 is 0 Å². The second-order valence-electron chi connectivity index (χ2n) is 7.33. The van der Waals surface area contributed by atoms with E-state index < -0.39 is 35.8 Å². The molecular weight excluding hydrogens is 428 g/mol. The molecule has 1 N–H and O–H groups in total. The van der Waals surface area contributed by atoms with Gasteiger partial charge in [-0.25, -0.2) is 9.50 Å². The number of hydrogen-bond donors (Lipinski definition) is 1. The zero-order valence-electron chi connectivity index (χ0n) is 15.9. The number of nitrogens with one attached hydrogen (secondary N) is 1. The number of hydrogen-bond acceptors (Lipinski definition) is 4. The molecule has 1 unspecified atom stereocenters. The number of amides is 1. The number of rotatable bonds is 4. The van der Waals surface area contributed by atoms with E-state index in [1.54, 1.807) is 0 Å². The Morgan fingerprint density at radius 3 is 2.52 bits per heavy atom. The molecule has 0 aliphatic heterocycles. The molecule has 3 aromatic heterocycles. The molecule has 1 atom stereocenters. The fourth-order valence-corrected chi connectivity index (χ4v) is 3.37. The number of aromatic nitrogens is 4. The van der Waals surface area contributed by atoms with Crippen LogP contribution in [-0.2, 0) is 6.18 Å². The molecule has 12 heteroatoms. The molecule has 3 aromatic rings.